The van der Waals surface area contributed by atoms with Crippen LogP contribution in [0.1, 0.15) is 30.7 Å². The van der Waals surface area contributed by atoms with Gasteiger partial charge >= 0.3 is 0 Å². The van der Waals surface area contributed by atoms with Crippen LogP contribution in [0.5, 0.6) is 0 Å². The molecule has 0 spiro atoms. The first-order valence-corrected chi connectivity index (χ1v) is 9.52. The van der Waals surface area contributed by atoms with Gasteiger partial charge in [0.05, 0.1) is 10.4 Å². The predicted octanol–water partition coefficient (Wildman–Crippen LogP) is 4.72. The molecule has 4 rings (SSSR count). The molecule has 138 valence electrons. The van der Waals surface area contributed by atoms with Gasteiger partial charge in [0, 0.05) is 24.2 Å². The Morgan fingerprint density at radius 2 is 2.04 bits per heavy atom. The summed E-state index contributed by atoms with van der Waals surface area (Å²) in [6, 6.07) is 12.5. The van der Waals surface area contributed by atoms with E-state index in [9.17, 15) is 9.18 Å². The number of amides is 1. The van der Waals surface area contributed by atoms with Crippen molar-refractivity contribution in [2.75, 3.05) is 11.4 Å². The molecule has 3 aromatic rings. The fraction of sp³-hybridized carbons (Fsp3) is 0.250. The molecule has 2 heterocycles. The predicted molar refractivity (Wildman–Crippen MR) is 103 cm³/mol. The summed E-state index contributed by atoms with van der Waals surface area (Å²) in [5.41, 5.74) is 2.76. The molecule has 1 atom stereocenters. The lowest BCUT2D eigenvalue weighted by molar-refractivity contribution is -0.117. The standard InChI is InChI=1S/C20H17BrFN3O2/c1-2-12-3-6-15(7-4-12)25-11-14(10-18(25)26)20-23-19(24-27-20)13-5-8-17(22)16(21)9-13/h3-9,14H,2,10-11H2,1H3. The first-order chi connectivity index (χ1) is 13.0. The fourth-order valence-electron chi connectivity index (χ4n) is 3.19. The van der Waals surface area contributed by atoms with Gasteiger partial charge in [-0.1, -0.05) is 24.2 Å². The highest BCUT2D eigenvalue weighted by atomic mass is 79.9. The molecule has 0 saturated carbocycles. The Labute approximate surface area is 164 Å². The van der Waals surface area contributed by atoms with E-state index >= 15 is 0 Å². The second kappa shape index (κ2) is 7.23. The number of aromatic nitrogens is 2. The van der Waals surface area contributed by atoms with Gasteiger partial charge in [0.25, 0.3) is 0 Å². The zero-order valence-electron chi connectivity index (χ0n) is 14.7. The molecule has 1 amide bonds. The van der Waals surface area contributed by atoms with Gasteiger partial charge in [-0.15, -0.1) is 0 Å². The number of halogens is 2. The van der Waals surface area contributed by atoms with Crippen molar-refractivity contribution in [3.63, 3.8) is 0 Å². The van der Waals surface area contributed by atoms with E-state index in [0.29, 0.717) is 34.7 Å². The second-order valence-corrected chi connectivity index (χ2v) is 7.36. The summed E-state index contributed by atoms with van der Waals surface area (Å²) in [6.07, 6.45) is 1.28. The summed E-state index contributed by atoms with van der Waals surface area (Å²) in [7, 11) is 0. The van der Waals surface area contributed by atoms with E-state index in [-0.39, 0.29) is 17.6 Å². The van der Waals surface area contributed by atoms with Gasteiger partial charge in [-0.05, 0) is 58.2 Å². The number of carbonyl (C=O) groups excluding carboxylic acids is 1. The van der Waals surface area contributed by atoms with Gasteiger partial charge in [-0.2, -0.15) is 4.98 Å². The number of benzene rings is 2. The Morgan fingerprint density at radius 3 is 2.74 bits per heavy atom. The van der Waals surface area contributed by atoms with Gasteiger partial charge < -0.3 is 9.42 Å². The van der Waals surface area contributed by atoms with Crippen molar-refractivity contribution in [2.45, 2.75) is 25.7 Å². The molecule has 1 fully saturated rings. The first kappa shape index (κ1) is 17.9. The largest absolute Gasteiger partial charge is 0.339 e. The normalized spacial score (nSPS) is 16.9. The molecule has 5 nitrogen and oxygen atoms in total. The molecule has 27 heavy (non-hydrogen) atoms. The third-order valence-corrected chi connectivity index (χ3v) is 5.36. The molecular weight excluding hydrogens is 413 g/mol. The maximum absolute atomic E-state index is 13.4. The van der Waals surface area contributed by atoms with Gasteiger partial charge in [-0.25, -0.2) is 4.39 Å². The smallest absolute Gasteiger partial charge is 0.232 e. The first-order valence-electron chi connectivity index (χ1n) is 8.73. The van der Waals surface area contributed by atoms with E-state index < -0.39 is 0 Å². The van der Waals surface area contributed by atoms with Crippen molar-refractivity contribution >= 4 is 27.5 Å². The number of hydrogen-bond acceptors (Lipinski definition) is 4. The van der Waals surface area contributed by atoms with Gasteiger partial charge in [0.15, 0.2) is 0 Å². The van der Waals surface area contributed by atoms with E-state index in [1.807, 2.05) is 24.3 Å². The SMILES string of the molecule is CCc1ccc(N2CC(c3nc(-c4ccc(F)c(Br)c4)no3)CC2=O)cc1. The van der Waals surface area contributed by atoms with Gasteiger partial charge in [0.1, 0.15) is 5.82 Å². The van der Waals surface area contributed by atoms with Crippen molar-refractivity contribution in [3.8, 4) is 11.4 Å². The Kier molecular flexibility index (Phi) is 4.78. The zero-order valence-corrected chi connectivity index (χ0v) is 16.2. The molecule has 0 aliphatic carbocycles. The number of rotatable bonds is 4. The monoisotopic (exact) mass is 429 g/mol. The Morgan fingerprint density at radius 1 is 1.26 bits per heavy atom. The second-order valence-electron chi connectivity index (χ2n) is 6.51. The molecule has 2 aromatic carbocycles. The summed E-state index contributed by atoms with van der Waals surface area (Å²) in [6.45, 7) is 2.60. The lowest BCUT2D eigenvalue weighted by atomic mass is 10.1. The Hall–Kier alpha value is -2.54. The van der Waals surface area contributed by atoms with E-state index in [1.165, 1.54) is 11.6 Å². The lowest BCUT2D eigenvalue weighted by Gasteiger charge is -2.16. The minimum atomic E-state index is -0.353. The average molecular weight is 430 g/mol. The van der Waals surface area contributed by atoms with E-state index in [0.717, 1.165) is 12.1 Å². The topological polar surface area (TPSA) is 59.2 Å². The third kappa shape index (κ3) is 3.51. The van der Waals surface area contributed by atoms with Crippen molar-refractivity contribution in [1.29, 1.82) is 0 Å². The highest BCUT2D eigenvalue weighted by Gasteiger charge is 2.35. The zero-order chi connectivity index (χ0) is 19.0. The number of hydrogen-bond donors (Lipinski definition) is 0. The van der Waals surface area contributed by atoms with Gasteiger partial charge in [0.2, 0.25) is 17.6 Å². The van der Waals surface area contributed by atoms with Gasteiger partial charge in [-0.3, -0.25) is 4.79 Å². The minimum absolute atomic E-state index is 0.0357. The number of carbonyl (C=O) groups is 1. The van der Waals surface area contributed by atoms with Crippen LogP contribution in [0, 0.1) is 5.82 Å². The maximum Gasteiger partial charge on any atom is 0.232 e. The van der Waals surface area contributed by atoms with Crippen LogP contribution in [0.2, 0.25) is 0 Å². The summed E-state index contributed by atoms with van der Waals surface area (Å²) < 4.78 is 19.1. The van der Waals surface area contributed by atoms with Crippen LogP contribution in [0.15, 0.2) is 51.5 Å². The highest BCUT2D eigenvalue weighted by molar-refractivity contribution is 9.10. The fourth-order valence-corrected chi connectivity index (χ4v) is 3.57. The molecule has 1 unspecified atom stereocenters. The van der Waals surface area contributed by atoms with Crippen LogP contribution in [-0.2, 0) is 11.2 Å². The molecule has 7 heteroatoms. The summed E-state index contributed by atoms with van der Waals surface area (Å²) in [5, 5.41) is 3.99. The molecule has 1 saturated heterocycles. The molecule has 1 aromatic heterocycles. The third-order valence-electron chi connectivity index (χ3n) is 4.75. The molecule has 0 radical (unpaired) electrons. The average Bonchev–Trinajstić information content (AvgIpc) is 3.31. The lowest BCUT2D eigenvalue weighted by Crippen LogP contribution is -2.24. The molecular formula is C20H17BrFN3O2. The maximum atomic E-state index is 13.4. The molecule has 1 aliphatic rings. The number of nitrogens with zero attached hydrogens (tertiary/aromatic N) is 3. The van der Waals surface area contributed by atoms with E-state index in [1.54, 1.807) is 17.0 Å². The van der Waals surface area contributed by atoms with Crippen molar-refractivity contribution in [1.82, 2.24) is 10.1 Å². The van der Waals surface area contributed by atoms with Crippen LogP contribution in [0.4, 0.5) is 10.1 Å². The summed E-state index contributed by atoms with van der Waals surface area (Å²) >= 11 is 3.16. The van der Waals surface area contributed by atoms with E-state index in [4.69, 9.17) is 4.52 Å². The number of aryl methyl sites for hydroxylation is 1. The Bertz CT molecular complexity index is 987. The summed E-state index contributed by atoms with van der Waals surface area (Å²) in [4.78, 5) is 18.6. The van der Waals surface area contributed by atoms with Crippen LogP contribution >= 0.6 is 15.9 Å². The van der Waals surface area contributed by atoms with Crippen LogP contribution < -0.4 is 4.90 Å². The number of anilines is 1. The van der Waals surface area contributed by atoms with Crippen molar-refractivity contribution in [2.24, 2.45) is 0 Å². The molecule has 0 bridgehead atoms. The van der Waals surface area contributed by atoms with E-state index in [2.05, 4.69) is 33.0 Å². The molecule has 1 aliphatic heterocycles. The quantitative estimate of drug-likeness (QED) is 0.601. The van der Waals surface area contributed by atoms with Crippen LogP contribution in [-0.4, -0.2) is 22.6 Å². The summed E-state index contributed by atoms with van der Waals surface area (Å²) in [5.74, 6) is 0.325. The Balaban J connectivity index is 1.53. The molecule has 0 N–H and O–H groups in total. The highest BCUT2D eigenvalue weighted by Crippen LogP contribution is 2.32. The van der Waals surface area contributed by atoms with Crippen LogP contribution in [0.25, 0.3) is 11.4 Å². The van der Waals surface area contributed by atoms with Crippen LogP contribution in [0.3, 0.4) is 0 Å². The van der Waals surface area contributed by atoms with Crippen molar-refractivity contribution in [3.05, 3.63) is 64.2 Å². The van der Waals surface area contributed by atoms with Crippen molar-refractivity contribution < 1.29 is 13.7 Å². The minimum Gasteiger partial charge on any atom is -0.339 e.